The Morgan fingerprint density at radius 1 is 1.31 bits per heavy atom. The number of hydrogen-bond acceptors (Lipinski definition) is 7. The number of ether oxygens (including phenoxy) is 2. The van der Waals surface area contributed by atoms with Crippen LogP contribution in [0.15, 0.2) is 27.7 Å². The normalized spacial score (nSPS) is 10.7. The molecule has 26 heavy (non-hydrogen) atoms. The van der Waals surface area contributed by atoms with E-state index >= 15 is 0 Å². The van der Waals surface area contributed by atoms with E-state index in [1.165, 1.54) is 19.3 Å². The molecule has 0 atom stereocenters. The summed E-state index contributed by atoms with van der Waals surface area (Å²) in [7, 11) is 1.61. The number of nitrogens with zero attached hydrogens (tertiary/aromatic N) is 3. The number of nitrogens with one attached hydrogen (secondary N) is 1. The Balaban J connectivity index is 1.96. The van der Waals surface area contributed by atoms with Gasteiger partial charge in [0.2, 0.25) is 5.69 Å². The number of methoxy groups -OCH3 is 1. The molecule has 0 saturated carbocycles. The zero-order valence-electron chi connectivity index (χ0n) is 15.4. The second kappa shape index (κ2) is 10.1. The van der Waals surface area contributed by atoms with Gasteiger partial charge in [0.25, 0.3) is 5.88 Å². The Morgan fingerprint density at radius 3 is 2.88 bits per heavy atom. The van der Waals surface area contributed by atoms with Gasteiger partial charge in [0.1, 0.15) is 6.07 Å². The molecule has 0 spiro atoms. The molecule has 0 unspecified atom stereocenters. The van der Waals surface area contributed by atoms with Crippen LogP contribution >= 0.6 is 0 Å². The second-order valence-electron chi connectivity index (χ2n) is 5.71. The van der Waals surface area contributed by atoms with Gasteiger partial charge in [-0.05, 0) is 30.2 Å². The van der Waals surface area contributed by atoms with E-state index < -0.39 is 0 Å². The number of oxazole rings is 1. The molecular weight excluding hydrogens is 332 g/mol. The molecule has 1 N–H and O–H groups in total. The van der Waals surface area contributed by atoms with Crippen LogP contribution < -0.4 is 14.9 Å². The molecule has 0 fully saturated rings. The van der Waals surface area contributed by atoms with Crippen LogP contribution in [-0.2, 0) is 0 Å². The summed E-state index contributed by atoms with van der Waals surface area (Å²) in [6, 6.07) is 7.52. The van der Waals surface area contributed by atoms with Gasteiger partial charge in [0, 0.05) is 6.92 Å². The van der Waals surface area contributed by atoms with E-state index in [4.69, 9.17) is 19.2 Å². The minimum absolute atomic E-state index is 0.170. The third-order valence-corrected chi connectivity index (χ3v) is 3.66. The molecule has 138 valence electrons. The summed E-state index contributed by atoms with van der Waals surface area (Å²) in [5.74, 6) is 1.99. The van der Waals surface area contributed by atoms with Crippen LogP contribution in [0.4, 0.5) is 5.88 Å². The van der Waals surface area contributed by atoms with Gasteiger partial charge in [0.15, 0.2) is 17.4 Å². The van der Waals surface area contributed by atoms with E-state index in [-0.39, 0.29) is 11.6 Å². The van der Waals surface area contributed by atoms with E-state index in [1.807, 2.05) is 24.3 Å². The van der Waals surface area contributed by atoms with Crippen molar-refractivity contribution >= 4 is 12.1 Å². The number of benzene rings is 1. The van der Waals surface area contributed by atoms with Gasteiger partial charge in [-0.15, -0.1) is 0 Å². The van der Waals surface area contributed by atoms with E-state index in [9.17, 15) is 0 Å². The number of unbranched alkanes of at least 4 members (excludes halogenated alkanes) is 3. The fourth-order valence-electron chi connectivity index (χ4n) is 2.34. The Bertz CT molecular complexity index is 778. The largest absolute Gasteiger partial charge is 0.493 e. The number of aromatic nitrogens is 1. The molecule has 7 nitrogen and oxygen atoms in total. The smallest absolute Gasteiger partial charge is 0.252 e. The maximum absolute atomic E-state index is 8.97. The van der Waals surface area contributed by atoms with Crippen LogP contribution in [0.25, 0.3) is 0 Å². The van der Waals surface area contributed by atoms with Crippen LogP contribution in [0.3, 0.4) is 0 Å². The van der Waals surface area contributed by atoms with Gasteiger partial charge in [-0.2, -0.15) is 10.4 Å². The van der Waals surface area contributed by atoms with E-state index in [0.29, 0.717) is 24.0 Å². The van der Waals surface area contributed by atoms with Crippen molar-refractivity contribution in [2.45, 2.75) is 39.5 Å². The summed E-state index contributed by atoms with van der Waals surface area (Å²) in [4.78, 5) is 3.94. The number of aryl methyl sites for hydroxylation is 1. The highest BCUT2D eigenvalue weighted by Gasteiger charge is 2.09. The topological polar surface area (TPSA) is 92.7 Å². The predicted octanol–water partition coefficient (Wildman–Crippen LogP) is 4.27. The Hall–Kier alpha value is -3.01. The van der Waals surface area contributed by atoms with Crippen molar-refractivity contribution in [3.8, 4) is 17.6 Å². The van der Waals surface area contributed by atoms with Gasteiger partial charge in [-0.1, -0.05) is 26.2 Å². The minimum Gasteiger partial charge on any atom is -0.493 e. The molecule has 2 aromatic rings. The zero-order valence-corrected chi connectivity index (χ0v) is 15.4. The van der Waals surface area contributed by atoms with Gasteiger partial charge in [-0.3, -0.25) is 0 Å². The number of rotatable bonds is 10. The quantitative estimate of drug-likeness (QED) is 0.388. The summed E-state index contributed by atoms with van der Waals surface area (Å²) in [6.07, 6.45) is 6.23. The zero-order chi connectivity index (χ0) is 18.8. The Kier molecular flexibility index (Phi) is 7.49. The lowest BCUT2D eigenvalue weighted by atomic mass is 10.2. The second-order valence-corrected chi connectivity index (χ2v) is 5.71. The molecule has 0 aliphatic carbocycles. The Morgan fingerprint density at radius 2 is 2.15 bits per heavy atom. The first-order valence-electron chi connectivity index (χ1n) is 8.65. The third kappa shape index (κ3) is 5.52. The number of hydrogen-bond donors (Lipinski definition) is 1. The summed E-state index contributed by atoms with van der Waals surface area (Å²) in [5.41, 5.74) is 3.68. The van der Waals surface area contributed by atoms with Crippen LogP contribution in [0.5, 0.6) is 11.5 Å². The fourth-order valence-corrected chi connectivity index (χ4v) is 2.34. The summed E-state index contributed by atoms with van der Waals surface area (Å²) < 4.78 is 16.5. The summed E-state index contributed by atoms with van der Waals surface area (Å²) >= 11 is 0. The number of nitriles is 1. The third-order valence-electron chi connectivity index (χ3n) is 3.66. The lowest BCUT2D eigenvalue weighted by Crippen LogP contribution is -2.00. The van der Waals surface area contributed by atoms with Gasteiger partial charge >= 0.3 is 0 Å². The minimum atomic E-state index is 0.170. The molecule has 1 aromatic carbocycles. The van der Waals surface area contributed by atoms with Crippen molar-refractivity contribution in [1.82, 2.24) is 4.98 Å². The molecule has 0 amide bonds. The SMILES string of the molecule is CCCCCCOc1ccc(C=NNc2oc(C)nc2C#N)cc1OC. The molecule has 0 aliphatic heterocycles. The van der Waals surface area contributed by atoms with Gasteiger partial charge in [-0.25, -0.2) is 10.4 Å². The molecule has 0 radical (unpaired) electrons. The fraction of sp³-hybridized carbons (Fsp3) is 0.421. The number of anilines is 1. The first-order valence-corrected chi connectivity index (χ1v) is 8.65. The number of hydrazone groups is 1. The van der Waals surface area contributed by atoms with Crippen molar-refractivity contribution in [3.63, 3.8) is 0 Å². The molecule has 2 rings (SSSR count). The van der Waals surface area contributed by atoms with Crippen LogP contribution in [0, 0.1) is 18.3 Å². The standard InChI is InChI=1S/C19H24N4O3/c1-4-5-6-7-10-25-17-9-8-15(11-18(17)24-3)13-21-23-19-16(12-20)22-14(2)26-19/h8-9,11,13,23H,4-7,10H2,1-3H3. The van der Waals surface area contributed by atoms with Crippen LogP contribution in [0.2, 0.25) is 0 Å². The maximum Gasteiger partial charge on any atom is 0.252 e. The van der Waals surface area contributed by atoms with Crippen LogP contribution in [-0.4, -0.2) is 24.9 Å². The Labute approximate surface area is 153 Å². The first kappa shape index (κ1) is 19.3. The highest BCUT2D eigenvalue weighted by Crippen LogP contribution is 2.28. The summed E-state index contributed by atoms with van der Waals surface area (Å²) in [6.45, 7) is 4.53. The van der Waals surface area contributed by atoms with Crippen LogP contribution in [0.1, 0.15) is 49.8 Å². The van der Waals surface area contributed by atoms with E-state index in [1.54, 1.807) is 20.2 Å². The highest BCUT2D eigenvalue weighted by molar-refractivity contribution is 5.81. The monoisotopic (exact) mass is 356 g/mol. The lowest BCUT2D eigenvalue weighted by molar-refractivity contribution is 0.285. The first-order chi connectivity index (χ1) is 12.7. The summed E-state index contributed by atoms with van der Waals surface area (Å²) in [5, 5.41) is 13.0. The molecule has 1 aromatic heterocycles. The van der Waals surface area contributed by atoms with Crippen molar-refractivity contribution in [2.75, 3.05) is 19.1 Å². The molecule has 0 bridgehead atoms. The van der Waals surface area contributed by atoms with E-state index in [2.05, 4.69) is 22.4 Å². The van der Waals surface area contributed by atoms with E-state index in [0.717, 1.165) is 12.0 Å². The highest BCUT2D eigenvalue weighted by atomic mass is 16.5. The molecule has 0 saturated heterocycles. The van der Waals surface area contributed by atoms with Gasteiger partial charge < -0.3 is 13.9 Å². The molecule has 1 heterocycles. The lowest BCUT2D eigenvalue weighted by Gasteiger charge is -2.11. The average Bonchev–Trinajstić information content (AvgIpc) is 3.02. The van der Waals surface area contributed by atoms with Crippen molar-refractivity contribution < 1.29 is 13.9 Å². The van der Waals surface area contributed by atoms with Crippen molar-refractivity contribution in [2.24, 2.45) is 5.10 Å². The molecule has 7 heteroatoms. The molecular formula is C19H24N4O3. The van der Waals surface area contributed by atoms with Gasteiger partial charge in [0.05, 0.1) is 19.9 Å². The van der Waals surface area contributed by atoms with Crippen molar-refractivity contribution in [3.05, 3.63) is 35.3 Å². The molecule has 0 aliphatic rings. The average molecular weight is 356 g/mol. The maximum atomic E-state index is 8.97. The predicted molar refractivity (Wildman–Crippen MR) is 99.8 cm³/mol. The van der Waals surface area contributed by atoms with Crippen molar-refractivity contribution in [1.29, 1.82) is 5.26 Å².